The maximum absolute atomic E-state index is 13.0. The Morgan fingerprint density at radius 2 is 1.77 bits per heavy atom. The van der Waals surface area contributed by atoms with Crippen molar-refractivity contribution in [3.8, 4) is 22.8 Å². The molecule has 2 aromatic carbocycles. The van der Waals surface area contributed by atoms with Gasteiger partial charge in [-0.25, -0.2) is 9.18 Å². The predicted molar refractivity (Wildman–Crippen MR) is 95.2 cm³/mol. The SMILES string of the molecule is CCn1cc(Oc2ccc(F)cc2)c(=O)c(C(=O)O)c1-c1ccccc1. The van der Waals surface area contributed by atoms with Crippen molar-refractivity contribution >= 4 is 5.97 Å². The summed E-state index contributed by atoms with van der Waals surface area (Å²) in [6, 6.07) is 14.0. The third-order valence-corrected chi connectivity index (χ3v) is 3.89. The van der Waals surface area contributed by atoms with Crippen molar-refractivity contribution in [2.45, 2.75) is 13.5 Å². The van der Waals surface area contributed by atoms with Crippen molar-refractivity contribution in [3.63, 3.8) is 0 Å². The van der Waals surface area contributed by atoms with Crippen molar-refractivity contribution < 1.29 is 19.0 Å². The Hall–Kier alpha value is -3.41. The Morgan fingerprint density at radius 1 is 1.12 bits per heavy atom. The molecule has 0 atom stereocenters. The number of carboxylic acids is 1. The van der Waals surface area contributed by atoms with Gasteiger partial charge in [0, 0.05) is 6.54 Å². The number of nitrogens with zero attached hydrogens (tertiary/aromatic N) is 1. The lowest BCUT2D eigenvalue weighted by Gasteiger charge is -2.17. The first-order valence-electron chi connectivity index (χ1n) is 8.00. The monoisotopic (exact) mass is 353 g/mol. The van der Waals surface area contributed by atoms with Crippen LogP contribution in [0, 0.1) is 5.82 Å². The van der Waals surface area contributed by atoms with E-state index in [0.29, 0.717) is 17.8 Å². The van der Waals surface area contributed by atoms with E-state index in [2.05, 4.69) is 0 Å². The molecular weight excluding hydrogens is 337 g/mol. The highest BCUT2D eigenvalue weighted by Crippen LogP contribution is 2.26. The van der Waals surface area contributed by atoms with Crippen molar-refractivity contribution in [3.05, 3.63) is 82.4 Å². The van der Waals surface area contributed by atoms with Crippen molar-refractivity contribution in [1.82, 2.24) is 4.57 Å². The summed E-state index contributed by atoms with van der Waals surface area (Å²) < 4.78 is 20.2. The van der Waals surface area contributed by atoms with Crippen LogP contribution in [0.15, 0.2) is 65.6 Å². The fourth-order valence-corrected chi connectivity index (χ4v) is 2.70. The highest BCUT2D eigenvalue weighted by atomic mass is 19.1. The first-order chi connectivity index (χ1) is 12.5. The molecule has 1 aromatic heterocycles. The van der Waals surface area contributed by atoms with Gasteiger partial charge in [0.25, 0.3) is 0 Å². The molecule has 0 amide bonds. The molecule has 5 nitrogen and oxygen atoms in total. The van der Waals surface area contributed by atoms with E-state index >= 15 is 0 Å². The molecule has 3 aromatic rings. The fraction of sp³-hybridized carbons (Fsp3) is 0.100. The Bertz CT molecular complexity index is 995. The Kier molecular flexibility index (Phi) is 4.84. The molecule has 0 saturated carbocycles. The van der Waals surface area contributed by atoms with Crippen molar-refractivity contribution in [2.75, 3.05) is 0 Å². The average molecular weight is 353 g/mol. The fourth-order valence-electron chi connectivity index (χ4n) is 2.70. The molecule has 0 saturated heterocycles. The summed E-state index contributed by atoms with van der Waals surface area (Å²) in [4.78, 5) is 24.6. The van der Waals surface area contributed by atoms with E-state index in [9.17, 15) is 19.1 Å². The number of hydrogen-bond donors (Lipinski definition) is 1. The first kappa shape index (κ1) is 17.4. The van der Waals surface area contributed by atoms with Crippen molar-refractivity contribution in [1.29, 1.82) is 0 Å². The summed E-state index contributed by atoms with van der Waals surface area (Å²) in [5.41, 5.74) is -0.155. The molecule has 0 aliphatic heterocycles. The van der Waals surface area contributed by atoms with E-state index in [-0.39, 0.29) is 17.1 Å². The van der Waals surface area contributed by atoms with Gasteiger partial charge in [-0.05, 0) is 36.8 Å². The van der Waals surface area contributed by atoms with Crippen LogP contribution in [0.25, 0.3) is 11.3 Å². The second kappa shape index (κ2) is 7.23. The number of aryl methyl sites for hydroxylation is 1. The van der Waals surface area contributed by atoms with E-state index in [1.54, 1.807) is 28.8 Å². The van der Waals surface area contributed by atoms with E-state index in [0.717, 1.165) is 0 Å². The van der Waals surface area contributed by atoms with Crippen LogP contribution in [0.1, 0.15) is 17.3 Å². The molecule has 3 rings (SSSR count). The van der Waals surface area contributed by atoms with E-state index in [4.69, 9.17) is 4.74 Å². The number of rotatable bonds is 5. The summed E-state index contributed by atoms with van der Waals surface area (Å²) in [5.74, 6) is -1.65. The van der Waals surface area contributed by atoms with Crippen LogP contribution in [0.2, 0.25) is 0 Å². The predicted octanol–water partition coefficient (Wildman–Crippen LogP) is 4.16. The third-order valence-electron chi connectivity index (χ3n) is 3.89. The average Bonchev–Trinajstić information content (AvgIpc) is 2.65. The van der Waals surface area contributed by atoms with E-state index in [1.807, 2.05) is 13.0 Å². The molecule has 0 radical (unpaired) electrons. The minimum absolute atomic E-state index is 0.129. The van der Waals surface area contributed by atoms with Crippen LogP contribution in [-0.2, 0) is 6.54 Å². The Labute approximate surface area is 148 Å². The molecule has 0 fully saturated rings. The van der Waals surface area contributed by atoms with Crippen molar-refractivity contribution in [2.24, 2.45) is 0 Å². The molecule has 26 heavy (non-hydrogen) atoms. The van der Waals surface area contributed by atoms with Gasteiger partial charge in [-0.3, -0.25) is 4.79 Å². The Balaban J connectivity index is 2.19. The zero-order chi connectivity index (χ0) is 18.7. The van der Waals surface area contributed by atoms with Crippen LogP contribution in [-0.4, -0.2) is 15.6 Å². The van der Waals surface area contributed by atoms with Gasteiger partial charge in [-0.2, -0.15) is 0 Å². The summed E-state index contributed by atoms with van der Waals surface area (Å²) in [7, 11) is 0. The molecular formula is C20H16FNO4. The van der Waals surface area contributed by atoms with Gasteiger partial charge < -0.3 is 14.4 Å². The number of halogens is 1. The summed E-state index contributed by atoms with van der Waals surface area (Å²) in [6.07, 6.45) is 1.47. The number of aromatic carboxylic acids is 1. The number of carbonyl (C=O) groups is 1. The highest BCUT2D eigenvalue weighted by molar-refractivity contribution is 5.95. The number of ether oxygens (including phenoxy) is 1. The smallest absolute Gasteiger partial charge is 0.342 e. The third kappa shape index (κ3) is 3.35. The Morgan fingerprint density at radius 3 is 2.35 bits per heavy atom. The molecule has 0 spiro atoms. The lowest BCUT2D eigenvalue weighted by Crippen LogP contribution is -2.22. The van der Waals surface area contributed by atoms with Crippen LogP contribution >= 0.6 is 0 Å². The lowest BCUT2D eigenvalue weighted by molar-refractivity contribution is 0.0695. The summed E-state index contributed by atoms with van der Waals surface area (Å²) >= 11 is 0. The number of pyridine rings is 1. The summed E-state index contributed by atoms with van der Waals surface area (Å²) in [6.45, 7) is 2.27. The van der Waals surface area contributed by atoms with Crippen LogP contribution in [0.3, 0.4) is 0 Å². The van der Waals surface area contributed by atoms with Gasteiger partial charge in [0.05, 0.1) is 11.9 Å². The number of carboxylic acid groups (broad SMARTS) is 1. The van der Waals surface area contributed by atoms with E-state index < -0.39 is 17.2 Å². The van der Waals surface area contributed by atoms with Gasteiger partial charge in [-0.1, -0.05) is 30.3 Å². The minimum atomic E-state index is -1.33. The first-order valence-corrected chi connectivity index (χ1v) is 8.00. The zero-order valence-corrected chi connectivity index (χ0v) is 14.0. The number of hydrogen-bond acceptors (Lipinski definition) is 3. The number of aromatic nitrogens is 1. The van der Waals surface area contributed by atoms with Gasteiger partial charge in [0.1, 0.15) is 17.1 Å². The van der Waals surface area contributed by atoms with Crippen LogP contribution in [0.4, 0.5) is 4.39 Å². The quantitative estimate of drug-likeness (QED) is 0.748. The molecule has 0 unspecified atom stereocenters. The second-order valence-corrected chi connectivity index (χ2v) is 5.56. The number of benzene rings is 2. The highest BCUT2D eigenvalue weighted by Gasteiger charge is 2.23. The maximum Gasteiger partial charge on any atom is 0.342 e. The van der Waals surface area contributed by atoms with Gasteiger partial charge in [0.2, 0.25) is 5.43 Å². The summed E-state index contributed by atoms with van der Waals surface area (Å²) in [5, 5.41) is 9.64. The molecule has 1 heterocycles. The second-order valence-electron chi connectivity index (χ2n) is 5.56. The standard InChI is InChI=1S/C20H16FNO4/c1-2-22-12-16(26-15-10-8-14(21)9-11-15)19(23)17(20(24)25)18(22)13-6-4-3-5-7-13/h3-12H,2H2,1H3,(H,24,25). The zero-order valence-electron chi connectivity index (χ0n) is 14.0. The lowest BCUT2D eigenvalue weighted by atomic mass is 10.0. The molecule has 6 heteroatoms. The van der Waals surface area contributed by atoms with Crippen LogP contribution in [0.5, 0.6) is 11.5 Å². The molecule has 132 valence electrons. The topological polar surface area (TPSA) is 68.5 Å². The van der Waals surface area contributed by atoms with Gasteiger partial charge >= 0.3 is 5.97 Å². The molecule has 0 aliphatic rings. The van der Waals surface area contributed by atoms with E-state index in [1.165, 1.54) is 30.5 Å². The van der Waals surface area contributed by atoms with Crippen LogP contribution < -0.4 is 10.2 Å². The normalized spacial score (nSPS) is 10.5. The maximum atomic E-state index is 13.0. The molecule has 0 bridgehead atoms. The molecule has 1 N–H and O–H groups in total. The largest absolute Gasteiger partial charge is 0.477 e. The van der Waals surface area contributed by atoms with Gasteiger partial charge in [-0.15, -0.1) is 0 Å². The minimum Gasteiger partial charge on any atom is -0.477 e. The molecule has 0 aliphatic carbocycles. The van der Waals surface area contributed by atoms with Gasteiger partial charge in [0.15, 0.2) is 5.75 Å².